The fraction of sp³-hybridized carbons (Fsp3) is 0.364. The summed E-state index contributed by atoms with van der Waals surface area (Å²) in [6.07, 6.45) is 0. The van der Waals surface area contributed by atoms with Crippen LogP contribution in [0.2, 0.25) is 0 Å². The van der Waals surface area contributed by atoms with E-state index < -0.39 is 0 Å². The highest BCUT2D eigenvalue weighted by atomic mass is 16.5. The Morgan fingerprint density at radius 2 is 2.19 bits per heavy atom. The molecule has 0 N–H and O–H groups in total. The Morgan fingerprint density at radius 3 is 2.75 bits per heavy atom. The van der Waals surface area contributed by atoms with E-state index in [0.717, 1.165) is 11.1 Å². The van der Waals surface area contributed by atoms with Gasteiger partial charge in [0.2, 0.25) is 0 Å². The normalized spacial score (nSPS) is 9.44. The Kier molecular flexibility index (Phi) is 3.91. The van der Waals surface area contributed by atoms with Crippen molar-refractivity contribution in [1.82, 2.24) is 0 Å². The molecule has 0 amide bonds. The summed E-state index contributed by atoms with van der Waals surface area (Å²) in [6, 6.07) is 3.67. The lowest BCUT2D eigenvalue weighted by Gasteiger charge is -2.10. The number of Topliss-reactive ketones (excluding diaryl/α,β-unsaturated/α-hetero) is 1. The highest BCUT2D eigenvalue weighted by Crippen LogP contribution is 2.25. The zero-order valence-corrected chi connectivity index (χ0v) is 9.52. The molecule has 0 atom stereocenters. The quantitative estimate of drug-likeness (QED) is 0.338. The largest absolute Gasteiger partial charge is 0.496 e. The van der Waals surface area contributed by atoms with Crippen LogP contribution in [0.5, 0.6) is 5.75 Å². The number of carbonyl (C=O) groups is 1. The molecule has 0 bridgehead atoms. The Labute approximate surface area is 93.7 Å². The maximum absolute atomic E-state index is 11.7. The summed E-state index contributed by atoms with van der Waals surface area (Å²) in [5.74, 6) is 0.310. The number of rotatable bonds is 4. The summed E-state index contributed by atoms with van der Waals surface area (Å²) < 4.78 is 5.18. The number of ether oxygens (including phenoxy) is 1. The van der Waals surface area contributed by atoms with Gasteiger partial charge < -0.3 is 4.74 Å². The van der Waals surface area contributed by atoms with E-state index in [0.29, 0.717) is 11.3 Å². The summed E-state index contributed by atoms with van der Waals surface area (Å²) in [6.45, 7) is 3.59. The van der Waals surface area contributed by atoms with Crippen molar-refractivity contribution in [3.05, 3.63) is 39.3 Å². The topological polar surface area (TPSA) is 75.1 Å². The van der Waals surface area contributed by atoms with Crippen LogP contribution in [-0.2, 0) is 0 Å². The van der Waals surface area contributed by atoms with Gasteiger partial charge in [-0.25, -0.2) is 0 Å². The Morgan fingerprint density at radius 1 is 1.50 bits per heavy atom. The first-order valence-corrected chi connectivity index (χ1v) is 4.79. The molecule has 0 heterocycles. The van der Waals surface area contributed by atoms with Gasteiger partial charge in [-0.3, -0.25) is 4.79 Å². The highest BCUT2D eigenvalue weighted by Gasteiger charge is 2.14. The van der Waals surface area contributed by atoms with Crippen LogP contribution in [0.3, 0.4) is 0 Å². The summed E-state index contributed by atoms with van der Waals surface area (Å²) in [7, 11) is 1.52. The first-order valence-electron chi connectivity index (χ1n) is 4.79. The van der Waals surface area contributed by atoms with Crippen LogP contribution in [0.1, 0.15) is 21.5 Å². The van der Waals surface area contributed by atoms with Gasteiger partial charge in [-0.05, 0) is 36.6 Å². The third kappa shape index (κ3) is 2.52. The van der Waals surface area contributed by atoms with E-state index in [2.05, 4.69) is 10.0 Å². The van der Waals surface area contributed by atoms with Crippen molar-refractivity contribution < 1.29 is 9.53 Å². The summed E-state index contributed by atoms with van der Waals surface area (Å²) in [4.78, 5) is 14.3. The Hall–Kier alpha value is -2.00. The van der Waals surface area contributed by atoms with E-state index in [1.54, 1.807) is 6.07 Å². The van der Waals surface area contributed by atoms with Gasteiger partial charge >= 0.3 is 0 Å². The smallest absolute Gasteiger partial charge is 0.172 e. The van der Waals surface area contributed by atoms with E-state index >= 15 is 0 Å². The molecule has 0 saturated heterocycles. The molecule has 5 heteroatoms. The molecule has 0 aliphatic heterocycles. The maximum Gasteiger partial charge on any atom is 0.172 e. The second-order valence-electron chi connectivity index (χ2n) is 3.47. The fourth-order valence-corrected chi connectivity index (χ4v) is 1.61. The molecule has 0 spiro atoms. The highest BCUT2D eigenvalue weighted by molar-refractivity contribution is 6.00. The Balaban J connectivity index is 3.20. The van der Waals surface area contributed by atoms with Crippen LogP contribution in [0.25, 0.3) is 10.4 Å². The monoisotopic (exact) mass is 219 g/mol. The second kappa shape index (κ2) is 5.19. The van der Waals surface area contributed by atoms with Crippen LogP contribution in [0.15, 0.2) is 17.2 Å². The zero-order valence-electron chi connectivity index (χ0n) is 9.52. The van der Waals surface area contributed by atoms with Crippen molar-refractivity contribution in [2.75, 3.05) is 13.7 Å². The van der Waals surface area contributed by atoms with E-state index in [-0.39, 0.29) is 12.3 Å². The third-order valence-corrected chi connectivity index (χ3v) is 2.20. The number of azide groups is 1. The van der Waals surface area contributed by atoms with E-state index in [1.165, 1.54) is 7.11 Å². The average molecular weight is 219 g/mol. The van der Waals surface area contributed by atoms with Crippen LogP contribution in [-0.4, -0.2) is 19.4 Å². The number of ketones is 1. The van der Waals surface area contributed by atoms with Gasteiger partial charge in [-0.2, -0.15) is 0 Å². The van der Waals surface area contributed by atoms with Crippen molar-refractivity contribution in [1.29, 1.82) is 0 Å². The van der Waals surface area contributed by atoms with E-state index in [9.17, 15) is 4.79 Å². The van der Waals surface area contributed by atoms with Crippen LogP contribution < -0.4 is 4.74 Å². The SMILES string of the molecule is COc1c(C)cc(C)cc1C(=O)CN=[N+]=[N-]. The standard InChI is InChI=1S/C11H13N3O2/c1-7-4-8(2)11(16-3)9(5-7)10(15)6-13-14-12/h4-5H,6H2,1-3H3. The van der Waals surface area contributed by atoms with Crippen LogP contribution in [0.4, 0.5) is 0 Å². The van der Waals surface area contributed by atoms with Gasteiger partial charge in [0.05, 0.1) is 19.2 Å². The zero-order chi connectivity index (χ0) is 12.1. The molecular formula is C11H13N3O2. The molecule has 0 saturated carbocycles. The van der Waals surface area contributed by atoms with E-state index in [4.69, 9.17) is 10.3 Å². The van der Waals surface area contributed by atoms with Gasteiger partial charge in [0.15, 0.2) is 5.78 Å². The van der Waals surface area contributed by atoms with Gasteiger partial charge in [0, 0.05) is 4.91 Å². The number of carbonyl (C=O) groups excluding carboxylic acids is 1. The van der Waals surface area contributed by atoms with Gasteiger partial charge in [-0.1, -0.05) is 11.2 Å². The van der Waals surface area contributed by atoms with Gasteiger partial charge in [0.1, 0.15) is 5.75 Å². The third-order valence-electron chi connectivity index (χ3n) is 2.20. The number of methoxy groups -OCH3 is 1. The molecule has 5 nitrogen and oxygen atoms in total. The number of nitrogens with zero attached hydrogens (tertiary/aromatic N) is 3. The predicted octanol–water partition coefficient (Wildman–Crippen LogP) is 2.81. The molecule has 0 unspecified atom stereocenters. The van der Waals surface area contributed by atoms with Crippen LogP contribution >= 0.6 is 0 Å². The molecule has 0 aliphatic rings. The minimum atomic E-state index is -0.235. The minimum absolute atomic E-state index is 0.185. The van der Waals surface area contributed by atoms with Crippen molar-refractivity contribution in [2.45, 2.75) is 13.8 Å². The molecule has 0 fully saturated rings. The van der Waals surface area contributed by atoms with Crippen molar-refractivity contribution in [2.24, 2.45) is 5.11 Å². The van der Waals surface area contributed by atoms with Crippen molar-refractivity contribution >= 4 is 5.78 Å². The lowest BCUT2D eigenvalue weighted by Crippen LogP contribution is -2.07. The Bertz CT molecular complexity index is 463. The van der Waals surface area contributed by atoms with Gasteiger partial charge in [0.25, 0.3) is 0 Å². The lowest BCUT2D eigenvalue weighted by molar-refractivity contribution is 0.0998. The van der Waals surface area contributed by atoms with Crippen molar-refractivity contribution in [3.63, 3.8) is 0 Å². The second-order valence-corrected chi connectivity index (χ2v) is 3.47. The summed E-state index contributed by atoms with van der Waals surface area (Å²) in [5, 5.41) is 3.26. The first-order chi connectivity index (χ1) is 7.60. The molecular weight excluding hydrogens is 206 g/mol. The molecule has 1 aromatic carbocycles. The van der Waals surface area contributed by atoms with Crippen molar-refractivity contribution in [3.8, 4) is 5.75 Å². The lowest BCUT2D eigenvalue weighted by atomic mass is 10.0. The maximum atomic E-state index is 11.7. The number of hydrogen-bond donors (Lipinski definition) is 0. The first kappa shape index (κ1) is 12.1. The number of aryl methyl sites for hydroxylation is 2. The fourth-order valence-electron chi connectivity index (χ4n) is 1.61. The number of hydrogen-bond acceptors (Lipinski definition) is 3. The number of benzene rings is 1. The molecule has 0 radical (unpaired) electrons. The molecule has 84 valence electrons. The average Bonchev–Trinajstić information content (AvgIpc) is 2.24. The molecule has 1 rings (SSSR count). The van der Waals surface area contributed by atoms with Crippen LogP contribution in [0, 0.1) is 13.8 Å². The molecule has 16 heavy (non-hydrogen) atoms. The minimum Gasteiger partial charge on any atom is -0.496 e. The summed E-state index contributed by atoms with van der Waals surface area (Å²) >= 11 is 0. The molecule has 0 aromatic heterocycles. The predicted molar refractivity (Wildman–Crippen MR) is 60.8 cm³/mol. The summed E-state index contributed by atoms with van der Waals surface area (Å²) in [5.41, 5.74) is 10.5. The van der Waals surface area contributed by atoms with E-state index in [1.807, 2.05) is 19.9 Å². The molecule has 1 aromatic rings. The molecule has 0 aliphatic carbocycles. The van der Waals surface area contributed by atoms with Gasteiger partial charge in [-0.15, -0.1) is 0 Å².